The summed E-state index contributed by atoms with van der Waals surface area (Å²) in [6.45, 7) is 5.02. The lowest BCUT2D eigenvalue weighted by Gasteiger charge is -2.21. The van der Waals surface area contributed by atoms with Gasteiger partial charge >= 0.3 is 39.5 Å². The Bertz CT molecular complexity index is 1860. The van der Waals surface area contributed by atoms with E-state index in [4.69, 9.17) is 37.0 Å². The number of aliphatic hydroxyl groups is 1. The Morgan fingerprint density at radius 3 is 0.602 bits per heavy atom. The molecule has 582 valence electrons. The number of phosphoric ester groups is 2. The maximum absolute atomic E-state index is 13.1. The van der Waals surface area contributed by atoms with Gasteiger partial charge in [0.25, 0.3) is 0 Å². The molecule has 0 aliphatic rings. The van der Waals surface area contributed by atoms with Gasteiger partial charge in [-0.2, -0.15) is 0 Å². The quantitative estimate of drug-likeness (QED) is 0.0222. The molecular weight excluding hydrogens is 1280 g/mol. The van der Waals surface area contributed by atoms with Crippen molar-refractivity contribution >= 4 is 39.5 Å². The summed E-state index contributed by atoms with van der Waals surface area (Å²) in [7, 11) is -9.91. The van der Waals surface area contributed by atoms with Gasteiger partial charge in [-0.25, -0.2) is 9.13 Å². The van der Waals surface area contributed by atoms with Crippen LogP contribution in [0.5, 0.6) is 0 Å². The molecule has 0 aromatic rings. The molecule has 0 amide bonds. The number of rotatable bonds is 80. The van der Waals surface area contributed by atoms with Crippen LogP contribution in [0.25, 0.3) is 0 Å². The van der Waals surface area contributed by atoms with Gasteiger partial charge in [0.15, 0.2) is 12.2 Å². The van der Waals surface area contributed by atoms with Crippen molar-refractivity contribution in [1.82, 2.24) is 0 Å². The van der Waals surface area contributed by atoms with Crippen LogP contribution in [-0.4, -0.2) is 96.7 Å². The average Bonchev–Trinajstić information content (AvgIpc) is 0.983. The largest absolute Gasteiger partial charge is 0.472 e. The highest BCUT2D eigenvalue weighted by Crippen LogP contribution is 2.45. The van der Waals surface area contributed by atoms with Gasteiger partial charge in [0.1, 0.15) is 19.3 Å². The third-order valence-corrected chi connectivity index (χ3v) is 20.5. The van der Waals surface area contributed by atoms with E-state index in [0.29, 0.717) is 25.7 Å². The highest BCUT2D eigenvalue weighted by atomic mass is 31.2. The van der Waals surface area contributed by atoms with E-state index in [1.807, 2.05) is 0 Å². The van der Waals surface area contributed by atoms with Gasteiger partial charge in [0.05, 0.1) is 26.4 Å². The summed E-state index contributed by atoms with van der Waals surface area (Å²) < 4.78 is 68.7. The zero-order chi connectivity index (χ0) is 71.8. The molecule has 2 unspecified atom stereocenters. The molecule has 0 spiro atoms. The molecular formula is C79H154O17P2. The number of unbranched alkanes of at least 4 members (excludes halogenated alkanes) is 54. The minimum Gasteiger partial charge on any atom is -0.462 e. The Morgan fingerprint density at radius 1 is 0.245 bits per heavy atom. The second-order valence-corrected chi connectivity index (χ2v) is 31.4. The molecule has 0 aromatic carbocycles. The van der Waals surface area contributed by atoms with Crippen molar-refractivity contribution in [2.24, 2.45) is 0 Å². The molecule has 0 heterocycles. The lowest BCUT2D eigenvalue weighted by Crippen LogP contribution is -2.30. The summed E-state index contributed by atoms with van der Waals surface area (Å²) in [6, 6.07) is 0. The minimum absolute atomic E-state index is 0.109. The van der Waals surface area contributed by atoms with Gasteiger partial charge in [-0.15, -0.1) is 0 Å². The molecule has 5 atom stereocenters. The van der Waals surface area contributed by atoms with Crippen molar-refractivity contribution < 1.29 is 80.2 Å². The molecule has 0 saturated heterocycles. The molecule has 0 aliphatic carbocycles. The first kappa shape index (κ1) is 96.1. The monoisotopic (exact) mass is 1440 g/mol. The van der Waals surface area contributed by atoms with Crippen LogP contribution < -0.4 is 0 Å². The van der Waals surface area contributed by atoms with Crippen LogP contribution in [0.15, 0.2) is 0 Å². The number of carbonyl (C=O) groups is 4. The zero-order valence-electron chi connectivity index (χ0n) is 63.8. The summed E-state index contributed by atoms with van der Waals surface area (Å²) in [5, 5.41) is 10.6. The second-order valence-electron chi connectivity index (χ2n) is 28.5. The van der Waals surface area contributed by atoms with Crippen LogP contribution in [0, 0.1) is 0 Å². The Balaban J connectivity index is 5.25. The molecule has 0 saturated carbocycles. The van der Waals surface area contributed by atoms with Crippen molar-refractivity contribution in [1.29, 1.82) is 0 Å². The number of hydrogen-bond acceptors (Lipinski definition) is 15. The molecule has 0 aliphatic heterocycles. The highest BCUT2D eigenvalue weighted by molar-refractivity contribution is 7.47. The lowest BCUT2D eigenvalue weighted by atomic mass is 10.0. The van der Waals surface area contributed by atoms with Crippen LogP contribution >= 0.6 is 15.6 Å². The average molecular weight is 1440 g/mol. The first-order valence-electron chi connectivity index (χ1n) is 41.3. The molecule has 0 aromatic heterocycles. The molecule has 19 heteroatoms. The molecule has 0 radical (unpaired) electrons. The van der Waals surface area contributed by atoms with E-state index in [0.717, 1.165) is 89.9 Å². The number of carbonyl (C=O) groups excluding carboxylic acids is 4. The van der Waals surface area contributed by atoms with Crippen LogP contribution in [-0.2, 0) is 65.4 Å². The summed E-state index contributed by atoms with van der Waals surface area (Å²) >= 11 is 0. The van der Waals surface area contributed by atoms with E-state index >= 15 is 0 Å². The number of ether oxygens (including phenoxy) is 4. The van der Waals surface area contributed by atoms with E-state index in [2.05, 4.69) is 27.7 Å². The lowest BCUT2D eigenvalue weighted by molar-refractivity contribution is -0.161. The fourth-order valence-corrected chi connectivity index (χ4v) is 13.9. The second kappa shape index (κ2) is 73.4. The number of aliphatic hydroxyl groups excluding tert-OH is 1. The van der Waals surface area contributed by atoms with Gasteiger partial charge in [-0.1, -0.05) is 374 Å². The molecule has 98 heavy (non-hydrogen) atoms. The van der Waals surface area contributed by atoms with Crippen LogP contribution in [0.3, 0.4) is 0 Å². The number of hydrogen-bond donors (Lipinski definition) is 3. The van der Waals surface area contributed by atoms with Crippen LogP contribution in [0.4, 0.5) is 0 Å². The van der Waals surface area contributed by atoms with E-state index < -0.39 is 97.5 Å². The summed E-state index contributed by atoms with van der Waals surface area (Å²) in [5.74, 6) is -2.10. The normalized spacial score (nSPS) is 13.8. The van der Waals surface area contributed by atoms with Crippen molar-refractivity contribution in [3.05, 3.63) is 0 Å². The maximum atomic E-state index is 13.1. The Morgan fingerprint density at radius 2 is 0.408 bits per heavy atom. The Hall–Kier alpha value is -1.94. The maximum Gasteiger partial charge on any atom is 0.472 e. The van der Waals surface area contributed by atoms with Crippen LogP contribution in [0.2, 0.25) is 0 Å². The van der Waals surface area contributed by atoms with Crippen molar-refractivity contribution in [2.75, 3.05) is 39.6 Å². The highest BCUT2D eigenvalue weighted by Gasteiger charge is 2.30. The smallest absolute Gasteiger partial charge is 0.462 e. The zero-order valence-corrected chi connectivity index (χ0v) is 65.6. The van der Waals surface area contributed by atoms with Gasteiger partial charge in [-0.3, -0.25) is 37.3 Å². The van der Waals surface area contributed by atoms with Crippen LogP contribution in [0.1, 0.15) is 426 Å². The van der Waals surface area contributed by atoms with E-state index in [1.54, 1.807) is 0 Å². The summed E-state index contributed by atoms with van der Waals surface area (Å²) in [4.78, 5) is 73.0. The predicted molar refractivity (Wildman–Crippen MR) is 400 cm³/mol. The SMILES string of the molecule is CCCCCCCCCCCCCCCCCCC(=O)OC[C@H](COP(=O)(O)OC[C@@H](O)COP(=O)(O)OC[C@@H](COC(=O)CCCCCCCCCCCCC)OC(=O)CCCCCCCCCCCCCCCCC)OC(=O)CCCCCCCCCCCCCCCCCC. The fourth-order valence-electron chi connectivity index (χ4n) is 12.3. The van der Waals surface area contributed by atoms with Gasteiger partial charge in [0, 0.05) is 25.7 Å². The first-order valence-corrected chi connectivity index (χ1v) is 44.3. The number of phosphoric acid groups is 2. The van der Waals surface area contributed by atoms with Gasteiger partial charge < -0.3 is 33.8 Å². The predicted octanol–water partition coefficient (Wildman–Crippen LogP) is 23.8. The third kappa shape index (κ3) is 72.4. The standard InChI is InChI=1S/C79H154O17P2/c1-5-9-13-17-21-25-29-32-35-38-40-44-48-52-56-60-64-77(82)90-70-75(96-79(84)66-62-58-54-50-46-42-39-36-33-30-26-22-18-14-10-6-2)72-94-98(87,88)92-68-73(80)67-91-97(85,86)93-71-74(69-89-76(81)63-59-55-51-47-43-28-24-20-16-12-8-4)95-78(83)65-61-57-53-49-45-41-37-34-31-27-23-19-15-11-7-3/h73-75,80H,5-72H2,1-4H3,(H,85,86)(H,87,88)/t73-,74+,75+/m0/s1. The minimum atomic E-state index is -4.96. The Labute approximate surface area is 600 Å². The van der Waals surface area contributed by atoms with Crippen molar-refractivity contribution in [2.45, 2.75) is 444 Å². The van der Waals surface area contributed by atoms with E-state index in [-0.39, 0.29) is 25.7 Å². The van der Waals surface area contributed by atoms with Gasteiger partial charge in [0.2, 0.25) is 0 Å². The number of esters is 4. The van der Waals surface area contributed by atoms with E-state index in [9.17, 15) is 43.2 Å². The summed E-state index contributed by atoms with van der Waals surface area (Å²) in [5.41, 5.74) is 0. The first-order chi connectivity index (χ1) is 47.7. The molecule has 3 N–H and O–H groups in total. The molecule has 0 bridgehead atoms. The topological polar surface area (TPSA) is 237 Å². The fraction of sp³-hybridized carbons (Fsp3) is 0.949. The van der Waals surface area contributed by atoms with E-state index in [1.165, 1.54) is 257 Å². The molecule has 0 fully saturated rings. The van der Waals surface area contributed by atoms with Crippen molar-refractivity contribution in [3.8, 4) is 0 Å². The molecule has 0 rings (SSSR count). The molecule has 17 nitrogen and oxygen atoms in total. The van der Waals surface area contributed by atoms with Crippen molar-refractivity contribution in [3.63, 3.8) is 0 Å². The summed E-state index contributed by atoms with van der Waals surface area (Å²) in [6.07, 6.45) is 65.0. The third-order valence-electron chi connectivity index (χ3n) is 18.6. The Kier molecular flexibility index (Phi) is 71.9. The van der Waals surface area contributed by atoms with Gasteiger partial charge in [-0.05, 0) is 25.7 Å².